The number of nitrogens with one attached hydrogen (secondary N) is 1. The molecule has 2 atom stereocenters. The molecule has 0 aliphatic carbocycles. The van der Waals surface area contributed by atoms with E-state index in [2.05, 4.69) is 10.3 Å². The van der Waals surface area contributed by atoms with E-state index in [1.807, 2.05) is 0 Å². The SMILES string of the molecule is C[C@H](Oc1ccc(Cl)cc1)C(=O)N[C@@H](c1ccccc1F)c1nccn1C. The van der Waals surface area contributed by atoms with E-state index in [9.17, 15) is 9.18 Å². The first kappa shape index (κ1) is 18.9. The van der Waals surface area contributed by atoms with E-state index in [1.165, 1.54) is 6.07 Å². The number of rotatable bonds is 6. The highest BCUT2D eigenvalue weighted by Crippen LogP contribution is 2.24. The van der Waals surface area contributed by atoms with Crippen molar-refractivity contribution in [3.63, 3.8) is 0 Å². The summed E-state index contributed by atoms with van der Waals surface area (Å²) in [6, 6.07) is 12.3. The molecule has 2 aromatic carbocycles. The minimum atomic E-state index is -0.791. The minimum absolute atomic E-state index is 0.332. The topological polar surface area (TPSA) is 56.1 Å². The second-order valence-electron chi connectivity index (χ2n) is 6.07. The number of hydrogen-bond donors (Lipinski definition) is 1. The minimum Gasteiger partial charge on any atom is -0.481 e. The molecule has 27 heavy (non-hydrogen) atoms. The second kappa shape index (κ2) is 8.22. The van der Waals surface area contributed by atoms with Gasteiger partial charge in [0.1, 0.15) is 23.4 Å². The molecule has 140 valence electrons. The molecule has 1 aromatic heterocycles. The zero-order valence-electron chi connectivity index (χ0n) is 14.9. The van der Waals surface area contributed by atoms with Gasteiger partial charge in [-0.25, -0.2) is 9.37 Å². The van der Waals surface area contributed by atoms with Gasteiger partial charge in [-0.1, -0.05) is 29.8 Å². The molecule has 5 nitrogen and oxygen atoms in total. The second-order valence-corrected chi connectivity index (χ2v) is 6.51. The van der Waals surface area contributed by atoms with Crippen molar-refractivity contribution in [2.75, 3.05) is 0 Å². The fraction of sp³-hybridized carbons (Fsp3) is 0.200. The fourth-order valence-corrected chi connectivity index (χ4v) is 2.80. The van der Waals surface area contributed by atoms with Crippen molar-refractivity contribution in [3.8, 4) is 5.75 Å². The summed E-state index contributed by atoms with van der Waals surface area (Å²) < 4.78 is 21.8. The number of aryl methyl sites for hydroxylation is 1. The number of nitrogens with zero attached hydrogens (tertiary/aromatic N) is 2. The third kappa shape index (κ3) is 4.46. The molecule has 0 unspecified atom stereocenters. The van der Waals surface area contributed by atoms with Crippen molar-refractivity contribution < 1.29 is 13.9 Å². The van der Waals surface area contributed by atoms with Crippen molar-refractivity contribution in [2.24, 2.45) is 7.05 Å². The number of amides is 1. The summed E-state index contributed by atoms with van der Waals surface area (Å²) in [5.41, 5.74) is 0.332. The predicted octanol–water partition coefficient (Wildman–Crippen LogP) is 3.89. The number of imidazole rings is 1. The Labute approximate surface area is 161 Å². The maximum Gasteiger partial charge on any atom is 0.261 e. The first-order valence-corrected chi connectivity index (χ1v) is 8.77. The Morgan fingerprint density at radius 1 is 1.22 bits per heavy atom. The summed E-state index contributed by atoms with van der Waals surface area (Å²) in [4.78, 5) is 17.0. The third-order valence-corrected chi connectivity index (χ3v) is 4.37. The zero-order valence-corrected chi connectivity index (χ0v) is 15.7. The molecule has 0 saturated carbocycles. The Balaban J connectivity index is 1.81. The summed E-state index contributed by atoms with van der Waals surface area (Å²) in [6.07, 6.45) is 2.55. The number of hydrogen-bond acceptors (Lipinski definition) is 3. The van der Waals surface area contributed by atoms with Gasteiger partial charge >= 0.3 is 0 Å². The van der Waals surface area contributed by atoms with Gasteiger partial charge in [-0.2, -0.15) is 0 Å². The molecule has 0 spiro atoms. The highest BCUT2D eigenvalue weighted by molar-refractivity contribution is 6.30. The van der Waals surface area contributed by atoms with Gasteiger partial charge in [0.2, 0.25) is 0 Å². The largest absolute Gasteiger partial charge is 0.481 e. The number of aromatic nitrogens is 2. The predicted molar refractivity (Wildman–Crippen MR) is 101 cm³/mol. The van der Waals surface area contributed by atoms with Gasteiger partial charge in [0.25, 0.3) is 5.91 Å². The van der Waals surface area contributed by atoms with Gasteiger partial charge < -0.3 is 14.6 Å². The summed E-state index contributed by atoms with van der Waals surface area (Å²) in [7, 11) is 1.79. The smallest absolute Gasteiger partial charge is 0.261 e. The number of ether oxygens (including phenoxy) is 1. The summed E-state index contributed by atoms with van der Waals surface area (Å²) in [6.45, 7) is 1.63. The molecule has 1 N–H and O–H groups in total. The lowest BCUT2D eigenvalue weighted by Crippen LogP contribution is -2.40. The number of carbonyl (C=O) groups excluding carboxylic acids is 1. The van der Waals surface area contributed by atoms with Gasteiger partial charge in [-0.3, -0.25) is 4.79 Å². The standard InChI is InChI=1S/C20H19ClFN3O2/c1-13(27-15-9-7-14(21)8-10-15)20(26)24-18(19-23-11-12-25(19)2)16-5-3-4-6-17(16)22/h3-13,18H,1-2H3,(H,24,26)/t13-,18-/m0/s1. The van der Waals surface area contributed by atoms with Crippen LogP contribution in [0.4, 0.5) is 4.39 Å². The first-order chi connectivity index (χ1) is 13.0. The molecule has 3 rings (SSSR count). The van der Waals surface area contributed by atoms with Crippen molar-refractivity contribution in [2.45, 2.75) is 19.1 Å². The lowest BCUT2D eigenvalue weighted by atomic mass is 10.0. The average molecular weight is 388 g/mol. The number of benzene rings is 2. The van der Waals surface area contributed by atoms with E-state index in [-0.39, 0.29) is 5.91 Å². The lowest BCUT2D eigenvalue weighted by molar-refractivity contribution is -0.127. The van der Waals surface area contributed by atoms with E-state index >= 15 is 0 Å². The van der Waals surface area contributed by atoms with Crippen LogP contribution in [0.3, 0.4) is 0 Å². The normalized spacial score (nSPS) is 13.0. The Kier molecular flexibility index (Phi) is 5.76. The fourth-order valence-electron chi connectivity index (χ4n) is 2.68. The Hall–Kier alpha value is -2.86. The molecule has 0 saturated heterocycles. The van der Waals surface area contributed by atoms with E-state index in [0.717, 1.165) is 0 Å². The lowest BCUT2D eigenvalue weighted by Gasteiger charge is -2.22. The molecule has 0 fully saturated rings. The first-order valence-electron chi connectivity index (χ1n) is 8.40. The van der Waals surface area contributed by atoms with Crippen molar-refractivity contribution in [3.05, 3.63) is 83.2 Å². The van der Waals surface area contributed by atoms with E-state index < -0.39 is 18.0 Å². The summed E-state index contributed by atoms with van der Waals surface area (Å²) in [5.74, 6) is 0.229. The Morgan fingerprint density at radius 3 is 2.56 bits per heavy atom. The van der Waals surface area contributed by atoms with Crippen LogP contribution in [0.25, 0.3) is 0 Å². The molecule has 7 heteroatoms. The molecule has 0 radical (unpaired) electrons. The van der Waals surface area contributed by atoms with Crippen LogP contribution in [0.2, 0.25) is 5.02 Å². The average Bonchev–Trinajstić information content (AvgIpc) is 3.08. The van der Waals surface area contributed by atoms with Crippen LogP contribution < -0.4 is 10.1 Å². The van der Waals surface area contributed by atoms with Crippen LogP contribution in [-0.4, -0.2) is 21.6 Å². The van der Waals surface area contributed by atoms with E-state index in [0.29, 0.717) is 22.2 Å². The van der Waals surface area contributed by atoms with Gasteiger partial charge in [0, 0.05) is 30.0 Å². The quantitative estimate of drug-likeness (QED) is 0.698. The van der Waals surface area contributed by atoms with Crippen molar-refractivity contribution in [1.82, 2.24) is 14.9 Å². The number of carbonyl (C=O) groups is 1. The van der Waals surface area contributed by atoms with Gasteiger partial charge in [0.15, 0.2) is 6.10 Å². The van der Waals surface area contributed by atoms with Crippen LogP contribution in [0, 0.1) is 5.82 Å². The molecule has 3 aromatic rings. The molecule has 0 aliphatic heterocycles. The monoisotopic (exact) mass is 387 g/mol. The van der Waals surface area contributed by atoms with E-state index in [4.69, 9.17) is 16.3 Å². The van der Waals surface area contributed by atoms with E-state index in [1.54, 1.807) is 73.4 Å². The van der Waals surface area contributed by atoms with Crippen LogP contribution in [0.1, 0.15) is 24.4 Å². The Bertz CT molecular complexity index is 927. The molecule has 0 bridgehead atoms. The third-order valence-electron chi connectivity index (χ3n) is 4.12. The molecule has 1 amide bonds. The van der Waals surface area contributed by atoms with Crippen LogP contribution in [-0.2, 0) is 11.8 Å². The number of halogens is 2. The molecule has 1 heterocycles. The molecule has 0 aliphatic rings. The Morgan fingerprint density at radius 2 is 1.93 bits per heavy atom. The molecular formula is C20H19ClFN3O2. The van der Waals surface area contributed by atoms with Crippen LogP contribution >= 0.6 is 11.6 Å². The molecular weight excluding hydrogens is 369 g/mol. The van der Waals surface area contributed by atoms with Gasteiger partial charge in [-0.15, -0.1) is 0 Å². The maximum absolute atomic E-state index is 14.4. The van der Waals surface area contributed by atoms with Crippen molar-refractivity contribution >= 4 is 17.5 Å². The maximum atomic E-state index is 14.4. The van der Waals surface area contributed by atoms with Gasteiger partial charge in [0.05, 0.1) is 0 Å². The highest BCUT2D eigenvalue weighted by atomic mass is 35.5. The summed E-state index contributed by atoms with van der Waals surface area (Å²) in [5, 5.41) is 3.41. The van der Waals surface area contributed by atoms with Crippen LogP contribution in [0.15, 0.2) is 60.9 Å². The zero-order chi connectivity index (χ0) is 19.4. The van der Waals surface area contributed by atoms with Gasteiger partial charge in [-0.05, 0) is 37.3 Å². The van der Waals surface area contributed by atoms with Crippen LogP contribution in [0.5, 0.6) is 5.75 Å². The summed E-state index contributed by atoms with van der Waals surface area (Å²) >= 11 is 5.85. The van der Waals surface area contributed by atoms with Crippen molar-refractivity contribution in [1.29, 1.82) is 0 Å². The highest BCUT2D eigenvalue weighted by Gasteiger charge is 2.26.